The molecule has 2 aromatic heterocycles. The van der Waals surface area contributed by atoms with E-state index in [9.17, 15) is 13.2 Å². The molecule has 6 nitrogen and oxygen atoms in total. The first-order valence-electron chi connectivity index (χ1n) is 7.18. The Morgan fingerprint density at radius 1 is 1.26 bits per heavy atom. The zero-order valence-electron chi connectivity index (χ0n) is 12.4. The van der Waals surface area contributed by atoms with Gasteiger partial charge in [0.25, 0.3) is 0 Å². The number of halogens is 3. The summed E-state index contributed by atoms with van der Waals surface area (Å²) >= 11 is 0. The molecule has 23 heavy (non-hydrogen) atoms. The highest BCUT2D eigenvalue weighted by Gasteiger charge is 2.31. The Labute approximate surface area is 130 Å². The normalized spacial score (nSPS) is 16.6. The van der Waals surface area contributed by atoms with Crippen molar-refractivity contribution in [2.75, 3.05) is 18.0 Å². The smallest absolute Gasteiger partial charge is 0.404 e. The number of pyridine rings is 1. The number of alkyl halides is 3. The van der Waals surface area contributed by atoms with Crippen molar-refractivity contribution in [3.8, 4) is 5.75 Å². The molecule has 1 fully saturated rings. The second-order valence-corrected chi connectivity index (χ2v) is 5.34. The van der Waals surface area contributed by atoms with Gasteiger partial charge in [0, 0.05) is 19.0 Å². The standard InChI is InChI=1S/C14H15F3N4O2/c1-9-19-13(23-20-9)10-4-6-21(7-5-10)12-3-2-11(8-18-12)22-14(15,16)17/h2-3,8,10H,4-7H2,1H3. The van der Waals surface area contributed by atoms with Crippen LogP contribution in [0.5, 0.6) is 5.75 Å². The molecule has 0 aromatic carbocycles. The van der Waals surface area contributed by atoms with Crippen LogP contribution in [0, 0.1) is 6.92 Å². The van der Waals surface area contributed by atoms with E-state index in [1.165, 1.54) is 12.1 Å². The lowest BCUT2D eigenvalue weighted by atomic mass is 9.97. The van der Waals surface area contributed by atoms with Gasteiger partial charge in [-0.05, 0) is 31.9 Å². The minimum absolute atomic E-state index is 0.209. The molecule has 0 atom stereocenters. The summed E-state index contributed by atoms with van der Waals surface area (Å²) in [6, 6.07) is 2.79. The third kappa shape index (κ3) is 3.91. The van der Waals surface area contributed by atoms with Gasteiger partial charge in [0.05, 0.1) is 6.20 Å². The zero-order valence-corrected chi connectivity index (χ0v) is 12.4. The molecule has 0 amide bonds. The lowest BCUT2D eigenvalue weighted by Gasteiger charge is -2.31. The third-order valence-electron chi connectivity index (χ3n) is 3.67. The van der Waals surface area contributed by atoms with Gasteiger partial charge in [-0.15, -0.1) is 13.2 Å². The van der Waals surface area contributed by atoms with Crippen molar-refractivity contribution >= 4 is 5.82 Å². The van der Waals surface area contributed by atoms with E-state index in [0.717, 1.165) is 32.1 Å². The van der Waals surface area contributed by atoms with Crippen LogP contribution < -0.4 is 9.64 Å². The fourth-order valence-electron chi connectivity index (χ4n) is 2.59. The number of aromatic nitrogens is 3. The van der Waals surface area contributed by atoms with Crippen LogP contribution >= 0.6 is 0 Å². The van der Waals surface area contributed by atoms with E-state index in [2.05, 4.69) is 19.9 Å². The highest BCUT2D eigenvalue weighted by Crippen LogP contribution is 2.30. The molecule has 2 aromatic rings. The van der Waals surface area contributed by atoms with Crippen LogP contribution in [0.3, 0.4) is 0 Å². The van der Waals surface area contributed by atoms with E-state index in [-0.39, 0.29) is 11.7 Å². The van der Waals surface area contributed by atoms with Gasteiger partial charge in [0.1, 0.15) is 11.6 Å². The number of piperidine rings is 1. The van der Waals surface area contributed by atoms with E-state index in [1.54, 1.807) is 6.92 Å². The fraction of sp³-hybridized carbons (Fsp3) is 0.500. The zero-order chi connectivity index (χ0) is 16.4. The van der Waals surface area contributed by atoms with Gasteiger partial charge in [-0.25, -0.2) is 4.98 Å². The van der Waals surface area contributed by atoms with Gasteiger partial charge in [-0.3, -0.25) is 0 Å². The SMILES string of the molecule is Cc1noc(C2CCN(c3ccc(OC(F)(F)F)cn3)CC2)n1. The van der Waals surface area contributed by atoms with Crippen LogP contribution in [0.1, 0.15) is 30.5 Å². The number of anilines is 1. The molecular weight excluding hydrogens is 313 g/mol. The molecule has 0 unspecified atom stereocenters. The molecule has 0 N–H and O–H groups in total. The Kier molecular flexibility index (Phi) is 4.10. The Hall–Kier alpha value is -2.32. The Morgan fingerprint density at radius 2 is 2.00 bits per heavy atom. The van der Waals surface area contributed by atoms with Crippen molar-refractivity contribution in [2.24, 2.45) is 0 Å². The summed E-state index contributed by atoms with van der Waals surface area (Å²) in [6.45, 7) is 3.22. The van der Waals surface area contributed by atoms with Gasteiger partial charge < -0.3 is 14.2 Å². The first-order valence-corrected chi connectivity index (χ1v) is 7.18. The lowest BCUT2D eigenvalue weighted by molar-refractivity contribution is -0.274. The Bertz CT molecular complexity index is 649. The van der Waals surface area contributed by atoms with E-state index in [1.807, 2.05) is 4.90 Å². The summed E-state index contributed by atoms with van der Waals surface area (Å²) in [6.07, 6.45) is -1.98. The first kappa shape index (κ1) is 15.6. The number of ether oxygens (including phenoxy) is 1. The molecule has 124 valence electrons. The maximum Gasteiger partial charge on any atom is 0.573 e. The number of hydrogen-bond acceptors (Lipinski definition) is 6. The summed E-state index contributed by atoms with van der Waals surface area (Å²) < 4.78 is 45.4. The summed E-state index contributed by atoms with van der Waals surface area (Å²) in [4.78, 5) is 10.3. The Morgan fingerprint density at radius 3 is 2.52 bits per heavy atom. The second kappa shape index (κ2) is 6.05. The molecule has 0 radical (unpaired) electrons. The van der Waals surface area contributed by atoms with Crippen molar-refractivity contribution < 1.29 is 22.4 Å². The summed E-state index contributed by atoms with van der Waals surface area (Å²) in [5.74, 6) is 1.77. The molecule has 1 aliphatic rings. The van der Waals surface area contributed by atoms with Crippen LogP contribution in [0.25, 0.3) is 0 Å². The monoisotopic (exact) mass is 328 g/mol. The molecule has 1 saturated heterocycles. The van der Waals surface area contributed by atoms with Gasteiger partial charge in [0.15, 0.2) is 5.82 Å². The van der Waals surface area contributed by atoms with Gasteiger partial charge in [-0.1, -0.05) is 5.16 Å². The van der Waals surface area contributed by atoms with E-state index >= 15 is 0 Å². The predicted octanol–water partition coefficient (Wildman–Crippen LogP) is 3.06. The quantitative estimate of drug-likeness (QED) is 0.863. The molecule has 9 heteroatoms. The molecule has 0 saturated carbocycles. The lowest BCUT2D eigenvalue weighted by Crippen LogP contribution is -2.33. The van der Waals surface area contributed by atoms with E-state index in [4.69, 9.17) is 4.52 Å². The minimum Gasteiger partial charge on any atom is -0.404 e. The maximum atomic E-state index is 12.1. The van der Waals surface area contributed by atoms with Gasteiger partial charge in [-0.2, -0.15) is 4.98 Å². The molecule has 3 rings (SSSR count). The maximum absolute atomic E-state index is 12.1. The number of nitrogens with zero attached hydrogens (tertiary/aromatic N) is 4. The van der Waals surface area contributed by atoms with Crippen molar-refractivity contribution in [3.05, 3.63) is 30.0 Å². The molecule has 0 aliphatic carbocycles. The van der Waals surface area contributed by atoms with E-state index in [0.29, 0.717) is 17.5 Å². The topological polar surface area (TPSA) is 64.3 Å². The first-order chi connectivity index (χ1) is 10.9. The average molecular weight is 328 g/mol. The number of aryl methyl sites for hydroxylation is 1. The van der Waals surface area contributed by atoms with Crippen molar-refractivity contribution in [2.45, 2.75) is 32.0 Å². The average Bonchev–Trinajstić information content (AvgIpc) is 2.93. The summed E-state index contributed by atoms with van der Waals surface area (Å²) in [5, 5.41) is 3.79. The minimum atomic E-state index is -4.70. The van der Waals surface area contributed by atoms with Gasteiger partial charge >= 0.3 is 6.36 Å². The van der Waals surface area contributed by atoms with Crippen molar-refractivity contribution in [1.82, 2.24) is 15.1 Å². The van der Waals surface area contributed by atoms with Crippen LogP contribution in [-0.2, 0) is 0 Å². The van der Waals surface area contributed by atoms with Crippen LogP contribution in [-0.4, -0.2) is 34.6 Å². The van der Waals surface area contributed by atoms with Crippen LogP contribution in [0.2, 0.25) is 0 Å². The molecule has 0 bridgehead atoms. The molecule has 3 heterocycles. The van der Waals surface area contributed by atoms with Crippen LogP contribution in [0.15, 0.2) is 22.9 Å². The predicted molar refractivity (Wildman–Crippen MR) is 74.1 cm³/mol. The molecule has 0 spiro atoms. The summed E-state index contributed by atoms with van der Waals surface area (Å²) in [5.41, 5.74) is 0. The fourth-order valence-corrected chi connectivity index (χ4v) is 2.59. The summed E-state index contributed by atoms with van der Waals surface area (Å²) in [7, 11) is 0. The highest BCUT2D eigenvalue weighted by atomic mass is 19.4. The van der Waals surface area contributed by atoms with E-state index < -0.39 is 6.36 Å². The Balaban J connectivity index is 1.59. The van der Waals surface area contributed by atoms with Crippen LogP contribution in [0.4, 0.5) is 19.0 Å². The molecule has 1 aliphatic heterocycles. The highest BCUT2D eigenvalue weighted by molar-refractivity contribution is 5.41. The van der Waals surface area contributed by atoms with Crippen molar-refractivity contribution in [1.29, 1.82) is 0 Å². The van der Waals surface area contributed by atoms with Gasteiger partial charge in [0.2, 0.25) is 5.89 Å². The molecular formula is C14H15F3N4O2. The van der Waals surface area contributed by atoms with Crippen molar-refractivity contribution in [3.63, 3.8) is 0 Å². The number of hydrogen-bond donors (Lipinski definition) is 0. The second-order valence-electron chi connectivity index (χ2n) is 5.34. The number of rotatable bonds is 3. The third-order valence-corrected chi connectivity index (χ3v) is 3.67. The largest absolute Gasteiger partial charge is 0.573 e.